The molecule has 6 nitrogen and oxygen atoms in total. The predicted molar refractivity (Wildman–Crippen MR) is 62.8 cm³/mol. The van der Waals surface area contributed by atoms with E-state index in [-0.39, 0.29) is 5.95 Å². The molecule has 0 aliphatic heterocycles. The number of nitrogen functional groups attached to an aromatic ring is 1. The molecule has 2 aromatic rings. The molecule has 0 aliphatic rings. The van der Waals surface area contributed by atoms with Crippen LogP contribution >= 0.6 is 0 Å². The number of nitrogens with zero attached hydrogens (tertiary/aromatic N) is 3. The molecule has 0 unspecified atom stereocenters. The highest BCUT2D eigenvalue weighted by atomic mass is 15.3. The first-order chi connectivity index (χ1) is 7.79. The molecular weight excluding hydrogens is 204 g/mol. The third-order valence-corrected chi connectivity index (χ3v) is 2.09. The minimum atomic E-state index is 0.245. The number of anilines is 2. The molecule has 16 heavy (non-hydrogen) atoms. The molecule has 0 aromatic carbocycles. The number of H-pyrrole nitrogens is 1. The predicted octanol–water partition coefficient (Wildman–Crippen LogP) is 1.27. The van der Waals surface area contributed by atoms with Crippen LogP contribution < -0.4 is 11.1 Å². The van der Waals surface area contributed by atoms with Crippen molar-refractivity contribution in [1.82, 2.24) is 20.2 Å². The molecule has 0 fully saturated rings. The summed E-state index contributed by atoms with van der Waals surface area (Å²) in [5, 5.41) is 9.76. The first-order valence-corrected chi connectivity index (χ1v) is 5.17. The average Bonchev–Trinajstić information content (AvgIpc) is 2.74. The summed E-state index contributed by atoms with van der Waals surface area (Å²) >= 11 is 0. The second kappa shape index (κ2) is 4.61. The highest BCUT2D eigenvalue weighted by Crippen LogP contribution is 2.17. The van der Waals surface area contributed by atoms with Crippen LogP contribution in [0.5, 0.6) is 0 Å². The van der Waals surface area contributed by atoms with Crippen LogP contribution in [-0.2, 0) is 0 Å². The van der Waals surface area contributed by atoms with Gasteiger partial charge in [0.25, 0.3) is 0 Å². The van der Waals surface area contributed by atoms with E-state index in [1.54, 1.807) is 6.20 Å². The van der Waals surface area contributed by atoms with Crippen LogP contribution in [0.3, 0.4) is 0 Å². The van der Waals surface area contributed by atoms with Crippen LogP contribution in [0.4, 0.5) is 11.8 Å². The minimum Gasteiger partial charge on any atom is -0.370 e. The smallest absolute Gasteiger partial charge is 0.239 e. The van der Waals surface area contributed by atoms with Gasteiger partial charge in [-0.1, -0.05) is 6.92 Å². The Balaban J connectivity index is 2.22. The van der Waals surface area contributed by atoms with Crippen molar-refractivity contribution in [2.24, 2.45) is 0 Å². The van der Waals surface area contributed by atoms with Gasteiger partial charge in [-0.25, -0.2) is 4.98 Å². The summed E-state index contributed by atoms with van der Waals surface area (Å²) in [5.41, 5.74) is 6.36. The van der Waals surface area contributed by atoms with Crippen LogP contribution in [0, 0.1) is 0 Å². The van der Waals surface area contributed by atoms with Crippen molar-refractivity contribution >= 4 is 11.8 Å². The number of nitrogens with two attached hydrogens (primary N) is 1. The van der Waals surface area contributed by atoms with E-state index in [0.717, 1.165) is 24.3 Å². The molecule has 0 spiro atoms. The largest absolute Gasteiger partial charge is 0.370 e. The Bertz CT molecular complexity index is 464. The van der Waals surface area contributed by atoms with Gasteiger partial charge in [0, 0.05) is 18.3 Å². The number of hydrogen-bond acceptors (Lipinski definition) is 5. The summed E-state index contributed by atoms with van der Waals surface area (Å²) in [6.07, 6.45) is 2.78. The number of pyridine rings is 1. The fraction of sp³-hybridized carbons (Fsp3) is 0.300. The molecule has 2 aromatic heterocycles. The number of hydrogen-bond donors (Lipinski definition) is 3. The molecule has 6 heteroatoms. The van der Waals surface area contributed by atoms with E-state index in [1.807, 2.05) is 12.1 Å². The van der Waals surface area contributed by atoms with Crippen molar-refractivity contribution in [3.63, 3.8) is 0 Å². The summed E-state index contributed by atoms with van der Waals surface area (Å²) in [7, 11) is 0. The third kappa shape index (κ3) is 2.28. The normalized spacial score (nSPS) is 10.3. The number of rotatable bonds is 4. The van der Waals surface area contributed by atoms with Crippen LogP contribution in [0.25, 0.3) is 11.4 Å². The van der Waals surface area contributed by atoms with Crippen molar-refractivity contribution in [2.45, 2.75) is 13.3 Å². The molecule has 4 N–H and O–H groups in total. The van der Waals surface area contributed by atoms with Crippen molar-refractivity contribution in [3.05, 3.63) is 18.3 Å². The Morgan fingerprint density at radius 1 is 1.50 bits per heavy atom. The average molecular weight is 218 g/mol. The van der Waals surface area contributed by atoms with Gasteiger partial charge in [-0.15, -0.1) is 5.10 Å². The highest BCUT2D eigenvalue weighted by Gasteiger charge is 2.04. The van der Waals surface area contributed by atoms with Crippen molar-refractivity contribution in [1.29, 1.82) is 0 Å². The number of aromatic amines is 1. The van der Waals surface area contributed by atoms with E-state index < -0.39 is 0 Å². The van der Waals surface area contributed by atoms with E-state index in [1.165, 1.54) is 0 Å². The van der Waals surface area contributed by atoms with Crippen molar-refractivity contribution in [2.75, 3.05) is 17.6 Å². The zero-order valence-corrected chi connectivity index (χ0v) is 9.07. The van der Waals surface area contributed by atoms with Crippen molar-refractivity contribution < 1.29 is 0 Å². The maximum Gasteiger partial charge on any atom is 0.239 e. The van der Waals surface area contributed by atoms with E-state index in [2.05, 4.69) is 32.4 Å². The lowest BCUT2D eigenvalue weighted by Crippen LogP contribution is -2.01. The zero-order chi connectivity index (χ0) is 11.4. The zero-order valence-electron chi connectivity index (χ0n) is 9.07. The molecule has 0 saturated carbocycles. The summed E-state index contributed by atoms with van der Waals surface area (Å²) < 4.78 is 0. The molecule has 0 radical (unpaired) electrons. The fourth-order valence-corrected chi connectivity index (χ4v) is 1.33. The summed E-state index contributed by atoms with van der Waals surface area (Å²) in [6, 6.07) is 3.77. The molecule has 0 aliphatic carbocycles. The van der Waals surface area contributed by atoms with Gasteiger partial charge in [0.05, 0.1) is 0 Å². The van der Waals surface area contributed by atoms with E-state index in [0.29, 0.717) is 5.82 Å². The molecular formula is C10H14N6. The van der Waals surface area contributed by atoms with E-state index >= 15 is 0 Å². The quantitative estimate of drug-likeness (QED) is 0.718. The van der Waals surface area contributed by atoms with Gasteiger partial charge in [0.2, 0.25) is 5.95 Å². The number of nitrogens with one attached hydrogen (secondary N) is 2. The Kier molecular flexibility index (Phi) is 3.00. The fourth-order valence-electron chi connectivity index (χ4n) is 1.33. The van der Waals surface area contributed by atoms with Gasteiger partial charge in [-0.2, -0.15) is 4.98 Å². The maximum absolute atomic E-state index is 5.45. The van der Waals surface area contributed by atoms with Gasteiger partial charge < -0.3 is 11.1 Å². The summed E-state index contributed by atoms with van der Waals surface area (Å²) in [6.45, 7) is 3.00. The molecule has 0 saturated heterocycles. The Morgan fingerprint density at radius 2 is 2.38 bits per heavy atom. The molecule has 2 rings (SSSR count). The van der Waals surface area contributed by atoms with Gasteiger partial charge in [0.1, 0.15) is 5.82 Å². The summed E-state index contributed by atoms with van der Waals surface area (Å²) in [4.78, 5) is 8.26. The van der Waals surface area contributed by atoms with Crippen LogP contribution in [0.2, 0.25) is 0 Å². The van der Waals surface area contributed by atoms with Gasteiger partial charge in [-0.05, 0) is 18.6 Å². The van der Waals surface area contributed by atoms with Gasteiger partial charge in [0.15, 0.2) is 5.82 Å². The lowest BCUT2D eigenvalue weighted by atomic mass is 10.2. The SMILES string of the molecule is CCCNc1cc(-c2nc(N)n[nH]2)ccn1. The second-order valence-corrected chi connectivity index (χ2v) is 3.40. The third-order valence-electron chi connectivity index (χ3n) is 2.09. The first kappa shape index (κ1) is 10.4. The monoisotopic (exact) mass is 218 g/mol. The molecule has 84 valence electrons. The molecule has 0 amide bonds. The van der Waals surface area contributed by atoms with Crippen LogP contribution in [0.1, 0.15) is 13.3 Å². The second-order valence-electron chi connectivity index (χ2n) is 3.40. The van der Waals surface area contributed by atoms with Crippen molar-refractivity contribution in [3.8, 4) is 11.4 Å². The lowest BCUT2D eigenvalue weighted by Gasteiger charge is -2.04. The highest BCUT2D eigenvalue weighted by molar-refractivity contribution is 5.59. The van der Waals surface area contributed by atoms with Crippen LogP contribution in [0.15, 0.2) is 18.3 Å². The Labute approximate surface area is 93.3 Å². The standard InChI is InChI=1S/C10H14N6/c1-2-4-12-8-6-7(3-5-13-8)9-14-10(11)16-15-9/h3,5-6H,2,4H2,1H3,(H,12,13)(H3,11,14,15,16). The van der Waals surface area contributed by atoms with Gasteiger partial charge >= 0.3 is 0 Å². The van der Waals surface area contributed by atoms with E-state index in [9.17, 15) is 0 Å². The topological polar surface area (TPSA) is 92.5 Å². The number of aromatic nitrogens is 4. The lowest BCUT2D eigenvalue weighted by molar-refractivity contribution is 0.969. The first-order valence-electron chi connectivity index (χ1n) is 5.17. The molecule has 2 heterocycles. The molecule has 0 bridgehead atoms. The molecule has 0 atom stereocenters. The van der Waals surface area contributed by atoms with Crippen LogP contribution in [-0.4, -0.2) is 26.7 Å². The minimum absolute atomic E-state index is 0.245. The van der Waals surface area contributed by atoms with E-state index in [4.69, 9.17) is 5.73 Å². The van der Waals surface area contributed by atoms with Gasteiger partial charge in [-0.3, -0.25) is 5.10 Å². The maximum atomic E-state index is 5.45. The summed E-state index contributed by atoms with van der Waals surface area (Å²) in [5.74, 6) is 1.73. The Morgan fingerprint density at radius 3 is 3.06 bits per heavy atom. The Hall–Kier alpha value is -2.11.